The van der Waals surface area contributed by atoms with Gasteiger partial charge in [0.2, 0.25) is 0 Å². The minimum atomic E-state index is -2.85. The van der Waals surface area contributed by atoms with Gasteiger partial charge in [0.25, 0.3) is 0 Å². The lowest BCUT2D eigenvalue weighted by Crippen LogP contribution is -2.40. The van der Waals surface area contributed by atoms with Crippen LogP contribution in [-0.4, -0.2) is 33.0 Å². The molecule has 1 aromatic carbocycles. The SMILES string of the molecule is Nc1ccc(N2CCS(=O)(=O)CC2)c(Cl)c1. The van der Waals surface area contributed by atoms with Crippen LogP contribution in [0.2, 0.25) is 5.02 Å². The Labute approximate surface area is 99.9 Å². The lowest BCUT2D eigenvalue weighted by Gasteiger charge is -2.29. The largest absolute Gasteiger partial charge is 0.399 e. The molecule has 0 spiro atoms. The smallest absolute Gasteiger partial charge is 0.153 e. The quantitative estimate of drug-likeness (QED) is 0.770. The van der Waals surface area contributed by atoms with Gasteiger partial charge in [-0.25, -0.2) is 8.42 Å². The maximum Gasteiger partial charge on any atom is 0.153 e. The molecule has 1 heterocycles. The van der Waals surface area contributed by atoms with E-state index >= 15 is 0 Å². The lowest BCUT2D eigenvalue weighted by atomic mass is 10.2. The Morgan fingerprint density at radius 3 is 2.44 bits per heavy atom. The molecule has 0 aromatic heterocycles. The third-order valence-electron chi connectivity index (χ3n) is 2.66. The van der Waals surface area contributed by atoms with E-state index in [9.17, 15) is 8.42 Å². The predicted octanol–water partition coefficient (Wildman–Crippen LogP) is 1.16. The summed E-state index contributed by atoms with van der Waals surface area (Å²) >= 11 is 6.06. The van der Waals surface area contributed by atoms with E-state index in [0.717, 1.165) is 5.69 Å². The molecule has 1 aliphatic heterocycles. The molecule has 1 fully saturated rings. The summed E-state index contributed by atoms with van der Waals surface area (Å²) in [5.74, 6) is 0.376. The van der Waals surface area contributed by atoms with Gasteiger partial charge >= 0.3 is 0 Å². The molecule has 0 unspecified atom stereocenters. The van der Waals surface area contributed by atoms with E-state index in [4.69, 9.17) is 17.3 Å². The number of sulfone groups is 1. The van der Waals surface area contributed by atoms with Gasteiger partial charge in [-0.15, -0.1) is 0 Å². The van der Waals surface area contributed by atoms with Gasteiger partial charge in [-0.3, -0.25) is 0 Å². The molecule has 1 saturated heterocycles. The van der Waals surface area contributed by atoms with E-state index in [-0.39, 0.29) is 11.5 Å². The lowest BCUT2D eigenvalue weighted by molar-refractivity contribution is 0.587. The second-order valence-electron chi connectivity index (χ2n) is 3.85. The monoisotopic (exact) mass is 260 g/mol. The minimum Gasteiger partial charge on any atom is -0.399 e. The fraction of sp³-hybridized carbons (Fsp3) is 0.400. The summed E-state index contributed by atoms with van der Waals surface area (Å²) < 4.78 is 22.6. The molecule has 6 heteroatoms. The van der Waals surface area contributed by atoms with Crippen LogP contribution in [0.15, 0.2) is 18.2 Å². The third-order valence-corrected chi connectivity index (χ3v) is 4.57. The van der Waals surface area contributed by atoms with Gasteiger partial charge in [-0.05, 0) is 18.2 Å². The molecule has 1 aliphatic rings. The average molecular weight is 261 g/mol. The van der Waals surface area contributed by atoms with Gasteiger partial charge in [0.1, 0.15) is 0 Å². The Morgan fingerprint density at radius 1 is 1.25 bits per heavy atom. The van der Waals surface area contributed by atoms with E-state index < -0.39 is 9.84 Å². The highest BCUT2D eigenvalue weighted by molar-refractivity contribution is 7.91. The molecule has 88 valence electrons. The van der Waals surface area contributed by atoms with Crippen LogP contribution in [0, 0.1) is 0 Å². The molecule has 0 saturated carbocycles. The van der Waals surface area contributed by atoms with Crippen molar-refractivity contribution >= 4 is 32.8 Å². The maximum absolute atomic E-state index is 11.3. The van der Waals surface area contributed by atoms with Crippen molar-refractivity contribution in [1.29, 1.82) is 0 Å². The molecule has 1 aromatic rings. The number of nitrogens with two attached hydrogens (primary N) is 1. The fourth-order valence-electron chi connectivity index (χ4n) is 1.73. The topological polar surface area (TPSA) is 63.4 Å². The maximum atomic E-state index is 11.3. The Bertz CT molecular complexity index is 488. The zero-order valence-electron chi connectivity index (χ0n) is 8.69. The molecule has 0 amide bonds. The van der Waals surface area contributed by atoms with E-state index in [2.05, 4.69) is 0 Å². The molecular weight excluding hydrogens is 248 g/mol. The van der Waals surface area contributed by atoms with Crippen LogP contribution in [-0.2, 0) is 9.84 Å². The van der Waals surface area contributed by atoms with Crippen LogP contribution < -0.4 is 10.6 Å². The minimum absolute atomic E-state index is 0.188. The standard InChI is InChI=1S/C10H13ClN2O2S/c11-9-7-8(12)1-2-10(9)13-3-5-16(14,15)6-4-13/h1-2,7H,3-6,12H2. The Balaban J connectivity index is 2.20. The van der Waals surface area contributed by atoms with Crippen molar-refractivity contribution in [3.8, 4) is 0 Å². The summed E-state index contributed by atoms with van der Waals surface area (Å²) in [7, 11) is -2.85. The zero-order chi connectivity index (χ0) is 11.8. The molecular formula is C10H13ClN2O2S. The predicted molar refractivity (Wildman–Crippen MR) is 66.7 cm³/mol. The van der Waals surface area contributed by atoms with Gasteiger partial charge in [0.15, 0.2) is 9.84 Å². The molecule has 4 nitrogen and oxygen atoms in total. The normalized spacial score (nSPS) is 19.7. The highest BCUT2D eigenvalue weighted by Crippen LogP contribution is 2.28. The first-order chi connectivity index (χ1) is 7.48. The summed E-state index contributed by atoms with van der Waals surface area (Å²) in [6.45, 7) is 0.984. The van der Waals surface area contributed by atoms with Crippen molar-refractivity contribution in [2.45, 2.75) is 0 Å². The molecule has 0 aliphatic carbocycles. The fourth-order valence-corrected chi connectivity index (χ4v) is 3.24. The van der Waals surface area contributed by atoms with Crippen LogP contribution in [0.25, 0.3) is 0 Å². The second-order valence-corrected chi connectivity index (χ2v) is 6.56. The number of halogens is 1. The van der Waals surface area contributed by atoms with Gasteiger partial charge in [0, 0.05) is 18.8 Å². The summed E-state index contributed by atoms with van der Waals surface area (Å²) in [5, 5.41) is 0.569. The molecule has 0 atom stereocenters. The zero-order valence-corrected chi connectivity index (χ0v) is 10.3. The van der Waals surface area contributed by atoms with Crippen LogP contribution in [0.1, 0.15) is 0 Å². The van der Waals surface area contributed by atoms with Crippen LogP contribution >= 0.6 is 11.6 Å². The second kappa shape index (κ2) is 4.14. The van der Waals surface area contributed by atoms with E-state index in [1.54, 1.807) is 12.1 Å². The molecule has 16 heavy (non-hydrogen) atoms. The Morgan fingerprint density at radius 2 is 1.88 bits per heavy atom. The van der Waals surface area contributed by atoms with Crippen molar-refractivity contribution in [3.63, 3.8) is 0 Å². The molecule has 2 rings (SSSR count). The van der Waals surface area contributed by atoms with Crippen LogP contribution in [0.3, 0.4) is 0 Å². The van der Waals surface area contributed by atoms with Crippen LogP contribution in [0.5, 0.6) is 0 Å². The molecule has 0 radical (unpaired) electrons. The third kappa shape index (κ3) is 2.41. The van der Waals surface area contributed by atoms with Crippen molar-refractivity contribution in [2.75, 3.05) is 35.2 Å². The highest BCUT2D eigenvalue weighted by Gasteiger charge is 2.22. The Kier molecular flexibility index (Phi) is 2.99. The van der Waals surface area contributed by atoms with Gasteiger partial charge in [-0.2, -0.15) is 0 Å². The average Bonchev–Trinajstić information content (AvgIpc) is 2.19. The first kappa shape index (κ1) is 11.5. The number of hydrogen-bond acceptors (Lipinski definition) is 4. The van der Waals surface area contributed by atoms with E-state index in [1.807, 2.05) is 11.0 Å². The van der Waals surface area contributed by atoms with Gasteiger partial charge in [-0.1, -0.05) is 11.6 Å². The molecule has 2 N–H and O–H groups in total. The van der Waals surface area contributed by atoms with Gasteiger partial charge in [0.05, 0.1) is 22.2 Å². The number of nitrogen functional groups attached to an aromatic ring is 1. The van der Waals surface area contributed by atoms with Crippen molar-refractivity contribution < 1.29 is 8.42 Å². The highest BCUT2D eigenvalue weighted by atomic mass is 35.5. The Hall–Kier alpha value is -0.940. The summed E-state index contributed by atoms with van der Waals surface area (Å²) in [6, 6.07) is 5.28. The number of anilines is 2. The molecule has 0 bridgehead atoms. The summed E-state index contributed by atoms with van der Waals surface area (Å²) in [5.41, 5.74) is 7.06. The summed E-state index contributed by atoms with van der Waals surface area (Å²) in [6.07, 6.45) is 0. The summed E-state index contributed by atoms with van der Waals surface area (Å²) in [4.78, 5) is 1.98. The van der Waals surface area contributed by atoms with Gasteiger partial charge < -0.3 is 10.6 Å². The number of benzene rings is 1. The number of nitrogens with zero attached hydrogens (tertiary/aromatic N) is 1. The van der Waals surface area contributed by atoms with Crippen molar-refractivity contribution in [1.82, 2.24) is 0 Å². The number of rotatable bonds is 1. The van der Waals surface area contributed by atoms with Crippen molar-refractivity contribution in [2.24, 2.45) is 0 Å². The number of hydrogen-bond donors (Lipinski definition) is 1. The van der Waals surface area contributed by atoms with E-state index in [1.165, 1.54) is 0 Å². The van der Waals surface area contributed by atoms with Crippen LogP contribution in [0.4, 0.5) is 11.4 Å². The van der Waals surface area contributed by atoms with E-state index in [0.29, 0.717) is 23.8 Å². The van der Waals surface area contributed by atoms with Crippen molar-refractivity contribution in [3.05, 3.63) is 23.2 Å². The first-order valence-electron chi connectivity index (χ1n) is 4.98. The first-order valence-corrected chi connectivity index (χ1v) is 7.18.